The third kappa shape index (κ3) is 4.04. The van der Waals surface area contributed by atoms with Crippen LogP contribution in [0.25, 0.3) is 11.0 Å². The molecule has 0 radical (unpaired) electrons. The van der Waals surface area contributed by atoms with E-state index in [4.69, 9.17) is 4.74 Å². The van der Waals surface area contributed by atoms with Crippen LogP contribution in [-0.4, -0.2) is 22.6 Å². The number of aromatic nitrogens is 2. The molecule has 1 amide bonds. The molecule has 0 saturated heterocycles. The van der Waals surface area contributed by atoms with Crippen LogP contribution >= 0.6 is 0 Å². The van der Waals surface area contributed by atoms with E-state index in [2.05, 4.69) is 40.0 Å². The van der Waals surface area contributed by atoms with E-state index in [1.807, 2.05) is 37.3 Å². The first-order valence-corrected chi connectivity index (χ1v) is 9.09. The summed E-state index contributed by atoms with van der Waals surface area (Å²) in [6.07, 6.45) is 2.61. The quantitative estimate of drug-likeness (QED) is 0.470. The smallest absolute Gasteiger partial charge is 0.207 e. The van der Waals surface area contributed by atoms with Gasteiger partial charge in [-0.1, -0.05) is 31.2 Å². The highest BCUT2D eigenvalue weighted by Gasteiger charge is 2.15. The monoisotopic (exact) mass is 351 g/mol. The van der Waals surface area contributed by atoms with Crippen LogP contribution in [0.2, 0.25) is 0 Å². The van der Waals surface area contributed by atoms with Gasteiger partial charge in [0.05, 0.1) is 23.7 Å². The minimum Gasteiger partial charge on any atom is -0.494 e. The van der Waals surface area contributed by atoms with Crippen molar-refractivity contribution in [2.24, 2.45) is 0 Å². The van der Waals surface area contributed by atoms with Gasteiger partial charge in [0.25, 0.3) is 0 Å². The van der Waals surface area contributed by atoms with Gasteiger partial charge in [-0.3, -0.25) is 4.79 Å². The maximum absolute atomic E-state index is 10.8. The third-order valence-electron chi connectivity index (χ3n) is 4.52. The summed E-state index contributed by atoms with van der Waals surface area (Å²) >= 11 is 0. The zero-order valence-corrected chi connectivity index (χ0v) is 15.3. The number of aryl methyl sites for hydroxylation is 2. The molecule has 136 valence electrons. The number of hydrogen-bond acceptors (Lipinski definition) is 3. The van der Waals surface area contributed by atoms with Crippen molar-refractivity contribution in [1.82, 2.24) is 14.9 Å². The van der Waals surface area contributed by atoms with Crippen molar-refractivity contribution in [3.8, 4) is 5.75 Å². The Balaban J connectivity index is 1.67. The van der Waals surface area contributed by atoms with Crippen LogP contribution in [0.3, 0.4) is 0 Å². The van der Waals surface area contributed by atoms with Crippen LogP contribution in [0.5, 0.6) is 5.75 Å². The molecule has 0 spiro atoms. The number of carbonyl (C=O) groups excluding carboxylic acids is 1. The molecule has 0 aliphatic rings. The van der Waals surface area contributed by atoms with Gasteiger partial charge >= 0.3 is 0 Å². The summed E-state index contributed by atoms with van der Waals surface area (Å²) in [5, 5.41) is 2.80. The molecular weight excluding hydrogens is 326 g/mol. The number of rotatable bonds is 9. The van der Waals surface area contributed by atoms with Crippen molar-refractivity contribution < 1.29 is 9.53 Å². The Bertz CT molecular complexity index is 855. The molecule has 26 heavy (non-hydrogen) atoms. The summed E-state index contributed by atoms with van der Waals surface area (Å²) < 4.78 is 8.02. The number of imidazole rings is 1. The number of nitrogens with one attached hydrogen (secondary N) is 1. The zero-order valence-electron chi connectivity index (χ0n) is 15.3. The summed E-state index contributed by atoms with van der Waals surface area (Å²) in [4.78, 5) is 15.5. The lowest BCUT2D eigenvalue weighted by Gasteiger charge is -2.14. The molecule has 1 atom stereocenters. The van der Waals surface area contributed by atoms with Crippen molar-refractivity contribution in [3.05, 3.63) is 59.9 Å². The molecule has 0 aliphatic carbocycles. The molecule has 0 fully saturated rings. The first kappa shape index (κ1) is 18.0. The zero-order chi connectivity index (χ0) is 18.4. The van der Waals surface area contributed by atoms with E-state index in [1.165, 1.54) is 5.56 Å². The highest BCUT2D eigenvalue weighted by Crippen LogP contribution is 2.21. The predicted molar refractivity (Wildman–Crippen MR) is 103 cm³/mol. The van der Waals surface area contributed by atoms with Crippen LogP contribution < -0.4 is 10.1 Å². The summed E-state index contributed by atoms with van der Waals surface area (Å²) in [5.74, 6) is 1.76. The predicted octanol–water partition coefficient (Wildman–Crippen LogP) is 3.87. The second-order valence-corrected chi connectivity index (χ2v) is 6.32. The van der Waals surface area contributed by atoms with Crippen LogP contribution in [-0.2, 0) is 17.8 Å². The van der Waals surface area contributed by atoms with E-state index in [-0.39, 0.29) is 6.04 Å². The number of ether oxygens (including phenoxy) is 1. The molecular formula is C21H25N3O2. The molecule has 5 heteroatoms. The van der Waals surface area contributed by atoms with Crippen LogP contribution in [0.15, 0.2) is 48.5 Å². The fourth-order valence-corrected chi connectivity index (χ4v) is 3.07. The Morgan fingerprint density at radius 2 is 1.96 bits per heavy atom. The number of amides is 1. The standard InChI is InChI=1S/C21H25N3O2/c1-3-17-9-11-18(12-10-17)26-14-6-13-24-20-8-5-4-7-19(20)23-21(24)16(2)22-15-25/h4-5,7-12,15-16H,3,6,13-14H2,1-2H3,(H,22,25)/t16-/m0/s1. The largest absolute Gasteiger partial charge is 0.494 e. The Kier molecular flexibility index (Phi) is 5.89. The molecule has 1 heterocycles. The molecule has 2 aromatic carbocycles. The van der Waals surface area contributed by atoms with E-state index in [0.717, 1.165) is 48.4 Å². The van der Waals surface area contributed by atoms with Crippen molar-refractivity contribution >= 4 is 17.4 Å². The SMILES string of the molecule is CCc1ccc(OCCCn2c([C@H](C)NC=O)nc3ccccc32)cc1. The molecule has 0 saturated carbocycles. The van der Waals surface area contributed by atoms with Gasteiger partial charge in [0, 0.05) is 6.54 Å². The van der Waals surface area contributed by atoms with Crippen molar-refractivity contribution in [2.75, 3.05) is 6.61 Å². The van der Waals surface area contributed by atoms with Crippen LogP contribution in [0.4, 0.5) is 0 Å². The molecule has 3 rings (SSSR count). The minimum absolute atomic E-state index is 0.137. The third-order valence-corrected chi connectivity index (χ3v) is 4.52. The number of hydrogen-bond donors (Lipinski definition) is 1. The van der Waals surface area contributed by atoms with Crippen molar-refractivity contribution in [1.29, 1.82) is 0 Å². The maximum Gasteiger partial charge on any atom is 0.207 e. The van der Waals surface area contributed by atoms with Gasteiger partial charge in [-0.2, -0.15) is 0 Å². The number of carbonyl (C=O) groups is 1. The van der Waals surface area contributed by atoms with Gasteiger partial charge in [-0.05, 0) is 49.6 Å². The second kappa shape index (κ2) is 8.52. The van der Waals surface area contributed by atoms with Gasteiger partial charge in [0.15, 0.2) is 0 Å². The Labute approximate surface area is 154 Å². The number of para-hydroxylation sites is 2. The maximum atomic E-state index is 10.8. The van der Waals surface area contributed by atoms with Gasteiger partial charge in [0.2, 0.25) is 6.41 Å². The second-order valence-electron chi connectivity index (χ2n) is 6.32. The van der Waals surface area contributed by atoms with E-state index < -0.39 is 0 Å². The molecule has 3 aromatic rings. The minimum atomic E-state index is -0.137. The number of nitrogens with zero attached hydrogens (tertiary/aromatic N) is 2. The van der Waals surface area contributed by atoms with Gasteiger partial charge in [0.1, 0.15) is 11.6 Å². The van der Waals surface area contributed by atoms with Gasteiger partial charge in [-0.15, -0.1) is 0 Å². The van der Waals surface area contributed by atoms with E-state index in [1.54, 1.807) is 0 Å². The molecule has 0 aliphatic heterocycles. The highest BCUT2D eigenvalue weighted by atomic mass is 16.5. The van der Waals surface area contributed by atoms with Crippen LogP contribution in [0, 0.1) is 0 Å². The Hall–Kier alpha value is -2.82. The average Bonchev–Trinajstić information content (AvgIpc) is 3.05. The molecule has 1 aromatic heterocycles. The summed E-state index contributed by atoms with van der Waals surface area (Å²) in [5.41, 5.74) is 3.33. The van der Waals surface area contributed by atoms with Crippen LogP contribution in [0.1, 0.15) is 37.7 Å². The lowest BCUT2D eigenvalue weighted by molar-refractivity contribution is -0.110. The molecule has 0 bridgehead atoms. The van der Waals surface area contributed by atoms with Crippen molar-refractivity contribution in [2.45, 2.75) is 39.3 Å². The number of fused-ring (bicyclic) bond motifs is 1. The molecule has 5 nitrogen and oxygen atoms in total. The average molecular weight is 351 g/mol. The fraction of sp³-hybridized carbons (Fsp3) is 0.333. The van der Waals surface area contributed by atoms with E-state index in [0.29, 0.717) is 6.61 Å². The molecule has 0 unspecified atom stereocenters. The topological polar surface area (TPSA) is 56.1 Å². The van der Waals surface area contributed by atoms with Gasteiger partial charge in [-0.25, -0.2) is 4.98 Å². The Morgan fingerprint density at radius 3 is 2.69 bits per heavy atom. The van der Waals surface area contributed by atoms with E-state index >= 15 is 0 Å². The van der Waals surface area contributed by atoms with Crippen molar-refractivity contribution in [3.63, 3.8) is 0 Å². The first-order chi connectivity index (χ1) is 12.7. The normalized spacial score (nSPS) is 12.1. The lowest BCUT2D eigenvalue weighted by Crippen LogP contribution is -2.21. The lowest BCUT2D eigenvalue weighted by atomic mass is 10.2. The first-order valence-electron chi connectivity index (χ1n) is 9.09. The number of benzene rings is 2. The van der Waals surface area contributed by atoms with E-state index in [9.17, 15) is 4.79 Å². The Morgan fingerprint density at radius 1 is 1.19 bits per heavy atom. The summed E-state index contributed by atoms with van der Waals surface area (Å²) in [7, 11) is 0. The summed E-state index contributed by atoms with van der Waals surface area (Å²) in [6.45, 7) is 5.50. The molecule has 1 N–H and O–H groups in total. The highest BCUT2D eigenvalue weighted by molar-refractivity contribution is 5.76. The summed E-state index contributed by atoms with van der Waals surface area (Å²) in [6, 6.07) is 16.1. The fourth-order valence-electron chi connectivity index (χ4n) is 3.07. The van der Waals surface area contributed by atoms with Gasteiger partial charge < -0.3 is 14.6 Å².